The second-order valence-electron chi connectivity index (χ2n) is 4.68. The SMILES string of the molecule is CCN(CC)Cc1cc(C)[nH]c1-c1ccccc1. The molecule has 0 bridgehead atoms. The Morgan fingerprint density at radius 1 is 1.06 bits per heavy atom. The minimum absolute atomic E-state index is 1.02. The largest absolute Gasteiger partial charge is 0.358 e. The molecule has 2 aromatic rings. The fraction of sp³-hybridized carbons (Fsp3) is 0.375. The molecule has 0 atom stereocenters. The van der Waals surface area contributed by atoms with Crippen molar-refractivity contribution in [3.8, 4) is 11.3 Å². The number of hydrogen-bond donors (Lipinski definition) is 1. The molecular formula is C16H22N2. The number of nitrogens with zero attached hydrogens (tertiary/aromatic N) is 1. The maximum absolute atomic E-state index is 3.49. The Hall–Kier alpha value is -1.54. The summed E-state index contributed by atoms with van der Waals surface area (Å²) in [5, 5.41) is 0. The highest BCUT2D eigenvalue weighted by Crippen LogP contribution is 2.24. The summed E-state index contributed by atoms with van der Waals surface area (Å²) in [4.78, 5) is 5.93. The van der Waals surface area contributed by atoms with Crippen molar-refractivity contribution in [1.29, 1.82) is 0 Å². The molecule has 1 aromatic carbocycles. The number of hydrogen-bond acceptors (Lipinski definition) is 1. The third-order valence-corrected chi connectivity index (χ3v) is 3.38. The fourth-order valence-corrected chi connectivity index (χ4v) is 2.32. The Kier molecular flexibility index (Phi) is 4.21. The first-order valence-electron chi connectivity index (χ1n) is 6.70. The van der Waals surface area contributed by atoms with E-state index in [9.17, 15) is 0 Å². The van der Waals surface area contributed by atoms with Crippen LogP contribution < -0.4 is 0 Å². The molecule has 0 fully saturated rings. The molecular weight excluding hydrogens is 220 g/mol. The van der Waals surface area contributed by atoms with Crippen molar-refractivity contribution in [1.82, 2.24) is 9.88 Å². The quantitative estimate of drug-likeness (QED) is 0.844. The van der Waals surface area contributed by atoms with Crippen molar-refractivity contribution >= 4 is 0 Å². The van der Waals surface area contributed by atoms with E-state index in [0.29, 0.717) is 0 Å². The van der Waals surface area contributed by atoms with Gasteiger partial charge in [0.2, 0.25) is 0 Å². The van der Waals surface area contributed by atoms with E-state index in [1.165, 1.54) is 22.5 Å². The number of aryl methyl sites for hydroxylation is 1. The molecule has 0 saturated heterocycles. The van der Waals surface area contributed by atoms with Gasteiger partial charge in [-0.3, -0.25) is 4.90 Å². The van der Waals surface area contributed by atoms with Crippen molar-refractivity contribution in [2.24, 2.45) is 0 Å². The van der Waals surface area contributed by atoms with Crippen LogP contribution in [-0.4, -0.2) is 23.0 Å². The molecule has 2 nitrogen and oxygen atoms in total. The van der Waals surface area contributed by atoms with Gasteiger partial charge in [-0.05, 0) is 37.2 Å². The molecule has 0 radical (unpaired) electrons. The van der Waals surface area contributed by atoms with E-state index in [4.69, 9.17) is 0 Å². The maximum Gasteiger partial charge on any atom is 0.0501 e. The minimum Gasteiger partial charge on any atom is -0.358 e. The highest BCUT2D eigenvalue weighted by molar-refractivity contribution is 5.64. The molecule has 2 heteroatoms. The van der Waals surface area contributed by atoms with Gasteiger partial charge in [0.1, 0.15) is 0 Å². The number of aromatic nitrogens is 1. The Morgan fingerprint density at radius 3 is 2.33 bits per heavy atom. The zero-order valence-electron chi connectivity index (χ0n) is 11.5. The zero-order valence-corrected chi connectivity index (χ0v) is 11.5. The molecule has 0 unspecified atom stereocenters. The first-order chi connectivity index (χ1) is 8.74. The van der Waals surface area contributed by atoms with E-state index in [0.717, 1.165) is 19.6 Å². The van der Waals surface area contributed by atoms with Gasteiger partial charge in [-0.2, -0.15) is 0 Å². The van der Waals surface area contributed by atoms with Gasteiger partial charge in [0, 0.05) is 12.2 Å². The smallest absolute Gasteiger partial charge is 0.0501 e. The summed E-state index contributed by atoms with van der Waals surface area (Å²) in [6, 6.07) is 12.8. The second kappa shape index (κ2) is 5.87. The lowest BCUT2D eigenvalue weighted by atomic mass is 10.1. The van der Waals surface area contributed by atoms with Crippen LogP contribution in [0.4, 0.5) is 0 Å². The summed E-state index contributed by atoms with van der Waals surface area (Å²) < 4.78 is 0. The summed E-state index contributed by atoms with van der Waals surface area (Å²) in [6.07, 6.45) is 0. The van der Waals surface area contributed by atoms with Crippen LogP contribution in [0.5, 0.6) is 0 Å². The molecule has 0 saturated carbocycles. The highest BCUT2D eigenvalue weighted by Gasteiger charge is 2.10. The van der Waals surface area contributed by atoms with E-state index in [1.54, 1.807) is 0 Å². The van der Waals surface area contributed by atoms with Gasteiger partial charge in [-0.25, -0.2) is 0 Å². The molecule has 2 rings (SSSR count). The van der Waals surface area contributed by atoms with E-state index in [2.05, 4.69) is 67.1 Å². The summed E-state index contributed by atoms with van der Waals surface area (Å²) in [5.41, 5.74) is 5.16. The Labute approximate surface area is 110 Å². The van der Waals surface area contributed by atoms with Gasteiger partial charge >= 0.3 is 0 Å². The molecule has 18 heavy (non-hydrogen) atoms. The van der Waals surface area contributed by atoms with Crippen LogP contribution in [-0.2, 0) is 6.54 Å². The van der Waals surface area contributed by atoms with E-state index in [1.807, 2.05) is 0 Å². The maximum atomic E-state index is 3.49. The number of aromatic amines is 1. The predicted octanol–water partition coefficient (Wildman–Crippen LogP) is 3.83. The Bertz CT molecular complexity index is 481. The molecule has 1 N–H and O–H groups in total. The van der Waals surface area contributed by atoms with Gasteiger partial charge < -0.3 is 4.98 Å². The van der Waals surface area contributed by atoms with Crippen molar-refractivity contribution in [3.63, 3.8) is 0 Å². The van der Waals surface area contributed by atoms with Crippen molar-refractivity contribution < 1.29 is 0 Å². The Balaban J connectivity index is 2.31. The van der Waals surface area contributed by atoms with Crippen LogP contribution in [0.1, 0.15) is 25.1 Å². The van der Waals surface area contributed by atoms with Crippen LogP contribution in [0.2, 0.25) is 0 Å². The summed E-state index contributed by atoms with van der Waals surface area (Å²) >= 11 is 0. The molecule has 0 aliphatic rings. The van der Waals surface area contributed by atoms with Gasteiger partial charge in [-0.15, -0.1) is 0 Å². The third-order valence-electron chi connectivity index (χ3n) is 3.38. The Morgan fingerprint density at radius 2 is 1.72 bits per heavy atom. The number of benzene rings is 1. The number of H-pyrrole nitrogens is 1. The lowest BCUT2D eigenvalue weighted by molar-refractivity contribution is 0.296. The summed E-state index contributed by atoms with van der Waals surface area (Å²) in [7, 11) is 0. The van der Waals surface area contributed by atoms with Crippen LogP contribution in [0.3, 0.4) is 0 Å². The minimum atomic E-state index is 1.02. The van der Waals surface area contributed by atoms with Crippen LogP contribution in [0.25, 0.3) is 11.3 Å². The summed E-state index contributed by atoms with van der Waals surface area (Å²) in [6.45, 7) is 9.75. The van der Waals surface area contributed by atoms with Gasteiger partial charge in [0.15, 0.2) is 0 Å². The van der Waals surface area contributed by atoms with Gasteiger partial charge in [-0.1, -0.05) is 44.2 Å². The molecule has 96 valence electrons. The zero-order chi connectivity index (χ0) is 13.0. The van der Waals surface area contributed by atoms with Crippen molar-refractivity contribution in [2.45, 2.75) is 27.3 Å². The summed E-state index contributed by atoms with van der Waals surface area (Å²) in [5.74, 6) is 0. The third kappa shape index (κ3) is 2.82. The molecule has 0 aliphatic heterocycles. The molecule has 0 spiro atoms. The standard InChI is InChI=1S/C16H22N2/c1-4-18(5-2)12-15-11-13(3)17-16(15)14-9-7-6-8-10-14/h6-11,17H,4-5,12H2,1-3H3. The lowest BCUT2D eigenvalue weighted by Crippen LogP contribution is -2.22. The average Bonchev–Trinajstić information content (AvgIpc) is 2.78. The molecule has 1 heterocycles. The first-order valence-corrected chi connectivity index (χ1v) is 6.70. The van der Waals surface area contributed by atoms with Crippen LogP contribution >= 0.6 is 0 Å². The number of nitrogens with one attached hydrogen (secondary N) is 1. The average molecular weight is 242 g/mol. The van der Waals surface area contributed by atoms with Crippen LogP contribution in [0.15, 0.2) is 36.4 Å². The highest BCUT2D eigenvalue weighted by atomic mass is 15.1. The number of rotatable bonds is 5. The molecule has 1 aromatic heterocycles. The van der Waals surface area contributed by atoms with Crippen LogP contribution in [0, 0.1) is 6.92 Å². The normalized spacial score (nSPS) is 11.1. The molecule has 0 aliphatic carbocycles. The predicted molar refractivity (Wildman–Crippen MR) is 77.6 cm³/mol. The molecule has 0 amide bonds. The lowest BCUT2D eigenvalue weighted by Gasteiger charge is -2.18. The van der Waals surface area contributed by atoms with Crippen molar-refractivity contribution in [2.75, 3.05) is 13.1 Å². The van der Waals surface area contributed by atoms with Gasteiger partial charge in [0.25, 0.3) is 0 Å². The topological polar surface area (TPSA) is 19.0 Å². The van der Waals surface area contributed by atoms with Crippen molar-refractivity contribution in [3.05, 3.63) is 47.7 Å². The second-order valence-corrected chi connectivity index (χ2v) is 4.68. The van der Waals surface area contributed by atoms with E-state index >= 15 is 0 Å². The monoisotopic (exact) mass is 242 g/mol. The fourth-order valence-electron chi connectivity index (χ4n) is 2.32. The van der Waals surface area contributed by atoms with Gasteiger partial charge in [0.05, 0.1) is 5.69 Å². The van der Waals surface area contributed by atoms with E-state index < -0.39 is 0 Å². The first kappa shape index (κ1) is 12.9. The van der Waals surface area contributed by atoms with E-state index in [-0.39, 0.29) is 0 Å².